The standard InChI is InChI=1S/C40H44O10/c1-28-17-32(18-29(2)37(28)50-38(41)31-7-11-33(12-8-31)46-25-44-23-39(3)19-42-20-39)30-5-9-34(10-6-30)48-27-49-36-15-13-35(14-16-36)47-26-45-24-40(4)21-43-22-40/h5-18H,19-27H2,1-4H3. The van der Waals surface area contributed by atoms with Crippen molar-refractivity contribution >= 4 is 5.97 Å². The first-order valence-electron chi connectivity index (χ1n) is 16.6. The maximum absolute atomic E-state index is 13.0. The Kier molecular flexibility index (Phi) is 11.2. The van der Waals surface area contributed by atoms with Gasteiger partial charge in [-0.05, 0) is 109 Å². The van der Waals surface area contributed by atoms with E-state index in [9.17, 15) is 4.79 Å². The maximum Gasteiger partial charge on any atom is 0.343 e. The zero-order valence-corrected chi connectivity index (χ0v) is 29.0. The molecule has 0 saturated carbocycles. The fourth-order valence-corrected chi connectivity index (χ4v) is 5.52. The molecule has 264 valence electrons. The molecule has 0 N–H and O–H groups in total. The number of benzene rings is 4. The molecule has 0 radical (unpaired) electrons. The average molecular weight is 685 g/mol. The molecule has 6 rings (SSSR count). The van der Waals surface area contributed by atoms with Crippen LogP contribution in [0.5, 0.6) is 28.7 Å². The first-order chi connectivity index (χ1) is 24.2. The molecule has 0 bridgehead atoms. The molecule has 0 atom stereocenters. The largest absolute Gasteiger partial charge is 0.468 e. The normalized spacial score (nSPS) is 15.7. The van der Waals surface area contributed by atoms with Crippen molar-refractivity contribution in [2.24, 2.45) is 10.8 Å². The highest BCUT2D eigenvalue weighted by Crippen LogP contribution is 2.32. The zero-order valence-electron chi connectivity index (χ0n) is 29.0. The minimum absolute atomic E-state index is 0.0570. The summed E-state index contributed by atoms with van der Waals surface area (Å²) in [7, 11) is 0. The zero-order chi connectivity index (χ0) is 35.0. The number of ether oxygens (including phenoxy) is 9. The topological polar surface area (TPSA) is 100 Å². The third-order valence-electron chi connectivity index (χ3n) is 8.53. The lowest BCUT2D eigenvalue weighted by molar-refractivity contribution is -0.151. The number of esters is 1. The molecule has 0 aromatic heterocycles. The fourth-order valence-electron chi connectivity index (χ4n) is 5.52. The third kappa shape index (κ3) is 9.34. The highest BCUT2D eigenvalue weighted by molar-refractivity contribution is 5.91. The van der Waals surface area contributed by atoms with Gasteiger partial charge in [0.15, 0.2) is 13.6 Å². The quantitative estimate of drug-likeness (QED) is 0.0485. The Morgan fingerprint density at radius 1 is 0.580 bits per heavy atom. The summed E-state index contributed by atoms with van der Waals surface area (Å²) in [5.74, 6) is 2.76. The van der Waals surface area contributed by atoms with Gasteiger partial charge in [0, 0.05) is 10.8 Å². The molecule has 2 fully saturated rings. The van der Waals surface area contributed by atoms with E-state index in [1.54, 1.807) is 24.3 Å². The molecule has 0 unspecified atom stereocenters. The molecule has 0 amide bonds. The predicted octanol–water partition coefficient (Wildman–Crippen LogP) is 7.38. The molecule has 0 spiro atoms. The van der Waals surface area contributed by atoms with Crippen LogP contribution in [0.4, 0.5) is 0 Å². The van der Waals surface area contributed by atoms with Crippen molar-refractivity contribution in [3.63, 3.8) is 0 Å². The van der Waals surface area contributed by atoms with Crippen LogP contribution in [-0.4, -0.2) is 66.0 Å². The van der Waals surface area contributed by atoms with Crippen LogP contribution in [-0.2, 0) is 18.9 Å². The summed E-state index contributed by atoms with van der Waals surface area (Å²) < 4.78 is 50.4. The molecular formula is C40H44O10. The van der Waals surface area contributed by atoms with Gasteiger partial charge in [-0.25, -0.2) is 4.79 Å². The van der Waals surface area contributed by atoms with E-state index in [1.165, 1.54) is 0 Å². The van der Waals surface area contributed by atoms with E-state index in [2.05, 4.69) is 13.8 Å². The van der Waals surface area contributed by atoms with Gasteiger partial charge in [0.25, 0.3) is 0 Å². The fraction of sp³-hybridized carbons (Fsp3) is 0.375. The van der Waals surface area contributed by atoms with Crippen LogP contribution in [0.25, 0.3) is 11.1 Å². The predicted molar refractivity (Wildman–Crippen MR) is 186 cm³/mol. The van der Waals surface area contributed by atoms with Crippen molar-refractivity contribution in [3.05, 3.63) is 102 Å². The lowest BCUT2D eigenvalue weighted by Gasteiger charge is -2.37. The van der Waals surface area contributed by atoms with E-state index >= 15 is 0 Å². The van der Waals surface area contributed by atoms with E-state index < -0.39 is 5.97 Å². The van der Waals surface area contributed by atoms with Crippen molar-refractivity contribution in [3.8, 4) is 39.9 Å². The van der Waals surface area contributed by atoms with Crippen LogP contribution in [0.15, 0.2) is 84.9 Å². The Bertz CT molecular complexity index is 1690. The van der Waals surface area contributed by atoms with Crippen molar-refractivity contribution in [1.82, 2.24) is 0 Å². The lowest BCUT2D eigenvalue weighted by Crippen LogP contribution is -2.43. The minimum atomic E-state index is -0.438. The summed E-state index contributed by atoms with van der Waals surface area (Å²) in [6.07, 6.45) is 0. The second-order valence-corrected chi connectivity index (χ2v) is 13.6. The van der Waals surface area contributed by atoms with Crippen LogP contribution < -0.4 is 23.7 Å². The molecule has 0 aliphatic carbocycles. The second kappa shape index (κ2) is 15.9. The Morgan fingerprint density at radius 2 is 0.980 bits per heavy atom. The van der Waals surface area contributed by atoms with Crippen LogP contribution >= 0.6 is 0 Å². The van der Waals surface area contributed by atoms with Gasteiger partial charge in [-0.2, -0.15) is 0 Å². The lowest BCUT2D eigenvalue weighted by atomic mass is 9.90. The van der Waals surface area contributed by atoms with Gasteiger partial charge in [0.2, 0.25) is 6.79 Å². The third-order valence-corrected chi connectivity index (χ3v) is 8.53. The highest BCUT2D eigenvalue weighted by atomic mass is 16.7. The average Bonchev–Trinajstić information content (AvgIpc) is 3.09. The molecule has 4 aromatic rings. The van der Waals surface area contributed by atoms with Gasteiger partial charge in [0.05, 0.1) is 45.2 Å². The van der Waals surface area contributed by atoms with Crippen molar-refractivity contribution < 1.29 is 47.4 Å². The van der Waals surface area contributed by atoms with Crippen LogP contribution in [0.1, 0.15) is 35.3 Å². The summed E-state index contributed by atoms with van der Waals surface area (Å²) in [5.41, 5.74) is 4.30. The van der Waals surface area contributed by atoms with E-state index in [0.717, 1.165) is 35.5 Å². The van der Waals surface area contributed by atoms with Gasteiger partial charge >= 0.3 is 5.97 Å². The van der Waals surface area contributed by atoms with Gasteiger partial charge in [-0.3, -0.25) is 0 Å². The number of hydrogen-bond donors (Lipinski definition) is 0. The number of carbonyl (C=O) groups is 1. The molecule has 10 nitrogen and oxygen atoms in total. The van der Waals surface area contributed by atoms with Crippen LogP contribution in [0.3, 0.4) is 0 Å². The molecule has 50 heavy (non-hydrogen) atoms. The molecule has 2 heterocycles. The van der Waals surface area contributed by atoms with Gasteiger partial charge in [-0.1, -0.05) is 26.0 Å². The van der Waals surface area contributed by atoms with Crippen molar-refractivity contribution in [1.29, 1.82) is 0 Å². The molecule has 2 aliphatic heterocycles. The van der Waals surface area contributed by atoms with E-state index in [0.29, 0.717) is 60.7 Å². The van der Waals surface area contributed by atoms with E-state index in [4.69, 9.17) is 42.6 Å². The Labute approximate surface area is 293 Å². The first-order valence-corrected chi connectivity index (χ1v) is 16.6. The first kappa shape index (κ1) is 35.2. The summed E-state index contributed by atoms with van der Waals surface area (Å²) in [4.78, 5) is 13.0. The van der Waals surface area contributed by atoms with Crippen LogP contribution in [0.2, 0.25) is 0 Å². The Morgan fingerprint density at radius 3 is 1.40 bits per heavy atom. The second-order valence-electron chi connectivity index (χ2n) is 13.6. The highest BCUT2D eigenvalue weighted by Gasteiger charge is 2.34. The van der Waals surface area contributed by atoms with E-state index in [-0.39, 0.29) is 31.2 Å². The Balaban J connectivity index is 0.936. The maximum atomic E-state index is 13.0. The summed E-state index contributed by atoms with van der Waals surface area (Å²) in [6, 6.07) is 25.9. The Hall–Kier alpha value is -4.61. The molecule has 2 saturated heterocycles. The summed E-state index contributed by atoms with van der Waals surface area (Å²) in [6.45, 7) is 12.5. The van der Waals surface area contributed by atoms with Gasteiger partial charge in [0.1, 0.15) is 28.7 Å². The molecule has 4 aromatic carbocycles. The van der Waals surface area contributed by atoms with E-state index in [1.807, 2.05) is 74.5 Å². The SMILES string of the molecule is Cc1cc(-c2ccc(OCOc3ccc(OCOCC4(C)COC4)cc3)cc2)cc(C)c1OC(=O)c1ccc(OCOCC2(C)COC2)cc1. The number of aryl methyl sites for hydroxylation is 2. The number of hydrogen-bond acceptors (Lipinski definition) is 10. The number of carbonyl (C=O) groups excluding carboxylic acids is 1. The monoisotopic (exact) mass is 684 g/mol. The molecule has 2 aliphatic rings. The molecular weight excluding hydrogens is 640 g/mol. The summed E-state index contributed by atoms with van der Waals surface area (Å²) in [5, 5.41) is 0. The van der Waals surface area contributed by atoms with Crippen molar-refractivity contribution in [2.45, 2.75) is 27.7 Å². The smallest absolute Gasteiger partial charge is 0.343 e. The molecule has 10 heteroatoms. The van der Waals surface area contributed by atoms with Gasteiger partial charge in [-0.15, -0.1) is 0 Å². The van der Waals surface area contributed by atoms with Crippen molar-refractivity contribution in [2.75, 3.05) is 60.0 Å². The minimum Gasteiger partial charge on any atom is -0.468 e. The van der Waals surface area contributed by atoms with Crippen LogP contribution in [0, 0.1) is 24.7 Å². The summed E-state index contributed by atoms with van der Waals surface area (Å²) >= 11 is 0. The van der Waals surface area contributed by atoms with Gasteiger partial charge < -0.3 is 42.6 Å². The number of rotatable bonds is 17.